The maximum absolute atomic E-state index is 10.1. The third kappa shape index (κ3) is 1.31. The molecule has 1 saturated heterocycles. The Morgan fingerprint density at radius 1 is 0.929 bits per heavy atom. The van der Waals surface area contributed by atoms with Crippen LogP contribution in [0.4, 0.5) is 0 Å². The Balaban J connectivity index is 1.73. The van der Waals surface area contributed by atoms with E-state index in [0.717, 1.165) is 6.04 Å². The molecule has 0 radical (unpaired) electrons. The van der Waals surface area contributed by atoms with E-state index < -0.39 is 0 Å². The lowest BCUT2D eigenvalue weighted by Crippen LogP contribution is -3.15. The zero-order chi connectivity index (χ0) is 9.54. The summed E-state index contributed by atoms with van der Waals surface area (Å²) in [5, 5.41) is 10.1. The minimum Gasteiger partial charge on any atom is -0.392 e. The molecule has 0 aromatic carbocycles. The molecule has 3 rings (SSSR count). The molecule has 2 saturated carbocycles. The van der Waals surface area contributed by atoms with Gasteiger partial charge in [-0.1, -0.05) is 0 Å². The number of rotatable bonds is 1. The van der Waals surface area contributed by atoms with Crippen LogP contribution in [0.1, 0.15) is 38.5 Å². The highest BCUT2D eigenvalue weighted by Gasteiger charge is 2.47. The summed E-state index contributed by atoms with van der Waals surface area (Å²) in [5.41, 5.74) is 0. The summed E-state index contributed by atoms with van der Waals surface area (Å²) in [6.45, 7) is 2.75. The van der Waals surface area contributed by atoms with Gasteiger partial charge in [0.25, 0.3) is 0 Å². The van der Waals surface area contributed by atoms with Crippen molar-refractivity contribution in [2.24, 2.45) is 11.8 Å². The Labute approximate surface area is 86.3 Å². The summed E-state index contributed by atoms with van der Waals surface area (Å²) >= 11 is 0. The topological polar surface area (TPSA) is 24.7 Å². The second-order valence-electron chi connectivity index (χ2n) is 5.54. The number of quaternary nitrogens is 1. The molecule has 14 heavy (non-hydrogen) atoms. The van der Waals surface area contributed by atoms with Gasteiger partial charge < -0.3 is 10.0 Å². The first kappa shape index (κ1) is 9.17. The first-order valence-electron chi connectivity index (χ1n) is 6.39. The van der Waals surface area contributed by atoms with Crippen LogP contribution in [-0.2, 0) is 0 Å². The smallest absolute Gasteiger partial charge is 0.0928 e. The summed E-state index contributed by atoms with van der Waals surface area (Å²) in [4.78, 5) is 1.81. The summed E-state index contributed by atoms with van der Waals surface area (Å²) < 4.78 is 0. The Bertz CT molecular complexity index is 212. The van der Waals surface area contributed by atoms with E-state index in [4.69, 9.17) is 0 Å². The SMILES string of the molecule is O[C@@H]1C2CCC1C([NH+]1CCCC1)CC2. The fraction of sp³-hybridized carbons (Fsp3) is 1.00. The van der Waals surface area contributed by atoms with Crippen LogP contribution in [0.2, 0.25) is 0 Å². The highest BCUT2D eigenvalue weighted by molar-refractivity contribution is 4.93. The van der Waals surface area contributed by atoms with E-state index in [-0.39, 0.29) is 6.10 Å². The normalized spacial score (nSPS) is 48.6. The molecule has 0 aromatic heterocycles. The third-order valence-electron chi connectivity index (χ3n) is 4.93. The molecule has 1 heterocycles. The van der Waals surface area contributed by atoms with Crippen LogP contribution in [0.15, 0.2) is 0 Å². The summed E-state index contributed by atoms with van der Waals surface area (Å²) in [6.07, 6.45) is 8.18. The molecule has 80 valence electrons. The summed E-state index contributed by atoms with van der Waals surface area (Å²) in [7, 11) is 0. The molecule has 0 amide bonds. The molecular formula is C12H22NO+. The van der Waals surface area contributed by atoms with Gasteiger partial charge in [0.05, 0.1) is 25.2 Å². The van der Waals surface area contributed by atoms with E-state index in [1.54, 1.807) is 0 Å². The molecule has 2 heteroatoms. The fourth-order valence-corrected chi connectivity index (χ4v) is 4.17. The van der Waals surface area contributed by atoms with Crippen molar-refractivity contribution in [1.29, 1.82) is 0 Å². The van der Waals surface area contributed by atoms with Crippen molar-refractivity contribution in [2.45, 2.75) is 50.7 Å². The van der Waals surface area contributed by atoms with Crippen molar-refractivity contribution in [2.75, 3.05) is 13.1 Å². The number of fused-ring (bicyclic) bond motifs is 2. The quantitative estimate of drug-likeness (QED) is 0.616. The predicted octanol–water partition coefficient (Wildman–Crippen LogP) is 0.215. The van der Waals surface area contributed by atoms with Gasteiger partial charge in [0.2, 0.25) is 0 Å². The van der Waals surface area contributed by atoms with Gasteiger partial charge in [-0.25, -0.2) is 0 Å². The van der Waals surface area contributed by atoms with Crippen molar-refractivity contribution in [3.05, 3.63) is 0 Å². The van der Waals surface area contributed by atoms with Gasteiger partial charge in [-0.15, -0.1) is 0 Å². The van der Waals surface area contributed by atoms with Crippen molar-refractivity contribution >= 4 is 0 Å². The average Bonchev–Trinajstić information content (AvgIpc) is 2.76. The minimum absolute atomic E-state index is 0.0573. The lowest BCUT2D eigenvalue weighted by Gasteiger charge is -2.36. The highest BCUT2D eigenvalue weighted by atomic mass is 16.3. The second kappa shape index (κ2) is 3.49. The van der Waals surface area contributed by atoms with Gasteiger partial charge in [-0.3, -0.25) is 0 Å². The van der Waals surface area contributed by atoms with Crippen molar-refractivity contribution in [3.63, 3.8) is 0 Å². The van der Waals surface area contributed by atoms with Crippen LogP contribution in [0.3, 0.4) is 0 Å². The molecular weight excluding hydrogens is 174 g/mol. The van der Waals surface area contributed by atoms with Gasteiger partial charge in [0.1, 0.15) is 0 Å². The first-order chi connectivity index (χ1) is 6.86. The van der Waals surface area contributed by atoms with Crippen LogP contribution in [0.5, 0.6) is 0 Å². The Morgan fingerprint density at radius 2 is 1.64 bits per heavy atom. The molecule has 0 spiro atoms. The van der Waals surface area contributed by atoms with Gasteiger partial charge in [0.15, 0.2) is 0 Å². The van der Waals surface area contributed by atoms with E-state index >= 15 is 0 Å². The van der Waals surface area contributed by atoms with Crippen LogP contribution in [0.25, 0.3) is 0 Å². The number of nitrogens with one attached hydrogen (secondary N) is 1. The maximum atomic E-state index is 10.1. The largest absolute Gasteiger partial charge is 0.392 e. The molecule has 2 nitrogen and oxygen atoms in total. The van der Waals surface area contributed by atoms with E-state index in [9.17, 15) is 5.11 Å². The Kier molecular flexibility index (Phi) is 2.29. The number of likely N-dealkylation sites (tertiary alicyclic amines) is 1. The van der Waals surface area contributed by atoms with E-state index in [1.807, 2.05) is 4.90 Å². The van der Waals surface area contributed by atoms with Crippen LogP contribution in [-0.4, -0.2) is 30.3 Å². The standard InChI is InChI=1S/C12H21NO/c14-12-9-3-5-10(12)11(6-4-9)13-7-1-2-8-13/h9-12,14H,1-8H2/p+1/t9?,10?,11?,12-/m1/s1. The van der Waals surface area contributed by atoms with Gasteiger partial charge in [0, 0.05) is 25.2 Å². The highest BCUT2D eigenvalue weighted by Crippen LogP contribution is 2.41. The van der Waals surface area contributed by atoms with Crippen LogP contribution < -0.4 is 4.90 Å². The van der Waals surface area contributed by atoms with Crippen molar-refractivity contribution in [1.82, 2.24) is 0 Å². The molecule has 2 bridgehead atoms. The van der Waals surface area contributed by atoms with E-state index in [0.29, 0.717) is 11.8 Å². The van der Waals surface area contributed by atoms with Crippen molar-refractivity contribution < 1.29 is 10.0 Å². The fourth-order valence-electron chi connectivity index (χ4n) is 4.17. The Hall–Kier alpha value is -0.0800. The van der Waals surface area contributed by atoms with E-state index in [1.165, 1.54) is 51.6 Å². The van der Waals surface area contributed by atoms with E-state index in [2.05, 4.69) is 0 Å². The second-order valence-corrected chi connectivity index (χ2v) is 5.54. The number of hydrogen-bond acceptors (Lipinski definition) is 1. The summed E-state index contributed by atoms with van der Waals surface area (Å²) in [6, 6.07) is 0.811. The number of hydrogen-bond donors (Lipinski definition) is 2. The van der Waals surface area contributed by atoms with Crippen molar-refractivity contribution in [3.8, 4) is 0 Å². The minimum atomic E-state index is 0.0573. The molecule has 3 unspecified atom stereocenters. The maximum Gasteiger partial charge on any atom is 0.0928 e. The zero-order valence-corrected chi connectivity index (χ0v) is 8.91. The molecule has 3 fully saturated rings. The molecule has 2 aliphatic carbocycles. The van der Waals surface area contributed by atoms with Gasteiger partial charge >= 0.3 is 0 Å². The van der Waals surface area contributed by atoms with Crippen LogP contribution >= 0.6 is 0 Å². The molecule has 4 atom stereocenters. The van der Waals surface area contributed by atoms with Gasteiger partial charge in [-0.05, 0) is 25.2 Å². The van der Waals surface area contributed by atoms with Gasteiger partial charge in [-0.2, -0.15) is 0 Å². The molecule has 0 aromatic rings. The monoisotopic (exact) mass is 196 g/mol. The predicted molar refractivity (Wildman–Crippen MR) is 55.2 cm³/mol. The third-order valence-corrected chi connectivity index (χ3v) is 4.93. The zero-order valence-electron chi connectivity index (χ0n) is 8.91. The summed E-state index contributed by atoms with van der Waals surface area (Å²) in [5.74, 6) is 1.32. The first-order valence-corrected chi connectivity index (χ1v) is 6.39. The molecule has 3 aliphatic rings. The average molecular weight is 196 g/mol. The lowest BCUT2D eigenvalue weighted by atomic mass is 9.81. The van der Waals surface area contributed by atoms with Crippen LogP contribution in [0, 0.1) is 11.8 Å². The number of aliphatic hydroxyl groups is 1. The number of aliphatic hydroxyl groups excluding tert-OH is 1. The molecule has 1 aliphatic heterocycles. The lowest BCUT2D eigenvalue weighted by molar-refractivity contribution is -0.919. The molecule has 2 N–H and O–H groups in total. The Morgan fingerprint density at radius 3 is 2.43 bits per heavy atom.